The van der Waals surface area contributed by atoms with Crippen molar-refractivity contribution in [2.45, 2.75) is 25.9 Å². The summed E-state index contributed by atoms with van der Waals surface area (Å²) in [6, 6.07) is 3.49. The average Bonchev–Trinajstić information content (AvgIpc) is 3.46. The Balaban J connectivity index is 1.57. The van der Waals surface area contributed by atoms with Crippen molar-refractivity contribution in [1.82, 2.24) is 24.7 Å². The number of benzene rings is 1. The fraction of sp³-hybridized carbons (Fsp3) is 0.391. The number of halogens is 2. The highest BCUT2D eigenvalue weighted by molar-refractivity contribution is 7.22. The van der Waals surface area contributed by atoms with Crippen LogP contribution in [0, 0.1) is 11.6 Å². The minimum Gasteiger partial charge on any atom is -0.367 e. The Bertz CT molecular complexity index is 1360. The molecule has 0 aliphatic carbocycles. The number of rotatable bonds is 6. The topological polar surface area (TPSA) is 81.4 Å². The molecule has 0 unspecified atom stereocenters. The van der Waals surface area contributed by atoms with Crippen LogP contribution >= 0.6 is 11.3 Å². The van der Waals surface area contributed by atoms with Gasteiger partial charge in [-0.2, -0.15) is 15.1 Å². The molecule has 3 aromatic heterocycles. The quantitative estimate of drug-likeness (QED) is 0.394. The van der Waals surface area contributed by atoms with Gasteiger partial charge in [-0.15, -0.1) is 0 Å². The van der Waals surface area contributed by atoms with Crippen molar-refractivity contribution in [3.63, 3.8) is 0 Å². The molecule has 0 N–H and O–H groups in total. The summed E-state index contributed by atoms with van der Waals surface area (Å²) in [5.41, 5.74) is 1.96. The van der Waals surface area contributed by atoms with E-state index in [1.807, 2.05) is 37.0 Å². The average molecular weight is 502 g/mol. The first-order chi connectivity index (χ1) is 16.8. The van der Waals surface area contributed by atoms with E-state index in [0.717, 1.165) is 11.6 Å². The summed E-state index contributed by atoms with van der Waals surface area (Å²) >= 11 is 1.36. The highest BCUT2D eigenvalue weighted by Gasteiger charge is 2.30. The third-order valence-electron chi connectivity index (χ3n) is 5.63. The van der Waals surface area contributed by atoms with Gasteiger partial charge in [-0.25, -0.2) is 18.4 Å². The fourth-order valence-electron chi connectivity index (χ4n) is 4.05. The van der Waals surface area contributed by atoms with Gasteiger partial charge in [0.25, 0.3) is 0 Å². The summed E-state index contributed by atoms with van der Waals surface area (Å²) in [6.45, 7) is 3.34. The minimum absolute atomic E-state index is 0.113. The lowest BCUT2D eigenvalue weighted by Crippen LogP contribution is -2.43. The monoisotopic (exact) mass is 501 g/mol. The molecule has 0 amide bonds. The number of morpholine rings is 1. The molecule has 0 spiro atoms. The molecule has 0 radical (unpaired) electrons. The molecule has 1 fully saturated rings. The molecule has 9 nitrogen and oxygen atoms in total. The van der Waals surface area contributed by atoms with Gasteiger partial charge in [0.05, 0.1) is 24.5 Å². The number of fused-ring (bicyclic) bond motifs is 1. The molecule has 0 saturated carbocycles. The summed E-state index contributed by atoms with van der Waals surface area (Å²) in [6.07, 6.45) is 3.27. The molecule has 4 heterocycles. The van der Waals surface area contributed by atoms with E-state index in [2.05, 4.69) is 10.1 Å². The molecule has 5 rings (SSSR count). The van der Waals surface area contributed by atoms with Crippen molar-refractivity contribution in [2.75, 3.05) is 44.1 Å². The molecular formula is C23H25F2N7O2S. The Morgan fingerprint density at radius 2 is 2.03 bits per heavy atom. The van der Waals surface area contributed by atoms with Gasteiger partial charge < -0.3 is 19.3 Å². The molecule has 1 aliphatic heterocycles. The number of methoxy groups -OCH3 is 1. The number of aromatic nitrogens is 5. The zero-order chi connectivity index (χ0) is 24.7. The standard InChI is InChI=1S/C23H25F2N7O2S/c1-13-9-31(11-18(34-13)14-8-26-32(10-14)12-33-4)22-27-19(16-6-5-15(24)7-17(16)25)20-21(28-22)29-23(35-20)30(2)3/h5-8,10,13,18H,9,11-12H2,1-4H3/t13-,18+/m0/s1. The highest BCUT2D eigenvalue weighted by Crippen LogP contribution is 2.37. The first-order valence-electron chi connectivity index (χ1n) is 11.1. The largest absolute Gasteiger partial charge is 0.367 e. The zero-order valence-corrected chi connectivity index (χ0v) is 20.6. The molecule has 1 aromatic carbocycles. The predicted molar refractivity (Wildman–Crippen MR) is 130 cm³/mol. The SMILES string of the molecule is COCn1cc([C@H]2CN(c3nc(-c4ccc(F)cc4F)c4sc(N(C)C)nc4n3)C[C@H](C)O2)cn1. The van der Waals surface area contributed by atoms with Crippen LogP contribution < -0.4 is 9.80 Å². The van der Waals surface area contributed by atoms with Crippen molar-refractivity contribution in [3.05, 3.63) is 47.8 Å². The number of nitrogens with zero attached hydrogens (tertiary/aromatic N) is 7. The van der Waals surface area contributed by atoms with Crippen molar-refractivity contribution >= 4 is 32.8 Å². The van der Waals surface area contributed by atoms with Crippen molar-refractivity contribution < 1.29 is 18.3 Å². The van der Waals surface area contributed by atoms with E-state index in [0.29, 0.717) is 46.9 Å². The highest BCUT2D eigenvalue weighted by atomic mass is 32.1. The summed E-state index contributed by atoms with van der Waals surface area (Å²) in [4.78, 5) is 18.0. The van der Waals surface area contributed by atoms with Crippen molar-refractivity contribution in [1.29, 1.82) is 0 Å². The molecular weight excluding hydrogens is 476 g/mol. The molecule has 2 atom stereocenters. The van der Waals surface area contributed by atoms with Crippen molar-refractivity contribution in [3.8, 4) is 11.3 Å². The van der Waals surface area contributed by atoms with E-state index >= 15 is 0 Å². The number of ether oxygens (including phenoxy) is 2. The van der Waals surface area contributed by atoms with Crippen LogP contribution in [-0.2, 0) is 16.2 Å². The van der Waals surface area contributed by atoms with E-state index in [9.17, 15) is 8.78 Å². The van der Waals surface area contributed by atoms with Crippen LogP contribution in [0.25, 0.3) is 21.6 Å². The van der Waals surface area contributed by atoms with Gasteiger partial charge in [-0.3, -0.25) is 0 Å². The second kappa shape index (κ2) is 9.44. The third kappa shape index (κ3) is 4.68. The van der Waals surface area contributed by atoms with Crippen LogP contribution in [0.3, 0.4) is 0 Å². The van der Waals surface area contributed by atoms with Gasteiger partial charge in [-0.1, -0.05) is 11.3 Å². The lowest BCUT2D eigenvalue weighted by atomic mass is 10.1. The first kappa shape index (κ1) is 23.5. The fourth-order valence-corrected chi connectivity index (χ4v) is 4.98. The maximum atomic E-state index is 14.8. The lowest BCUT2D eigenvalue weighted by Gasteiger charge is -2.36. The Morgan fingerprint density at radius 1 is 1.20 bits per heavy atom. The minimum atomic E-state index is -0.686. The van der Waals surface area contributed by atoms with Gasteiger partial charge >= 0.3 is 0 Å². The smallest absolute Gasteiger partial charge is 0.228 e. The van der Waals surface area contributed by atoms with E-state index in [1.165, 1.54) is 23.5 Å². The lowest BCUT2D eigenvalue weighted by molar-refractivity contribution is -0.0179. The second-order valence-corrected chi connectivity index (χ2v) is 9.59. The molecule has 0 bridgehead atoms. The van der Waals surface area contributed by atoms with Crippen LogP contribution in [0.2, 0.25) is 0 Å². The number of hydrogen-bond acceptors (Lipinski definition) is 9. The summed E-state index contributed by atoms with van der Waals surface area (Å²) in [5, 5.41) is 5.03. The molecule has 1 aliphatic rings. The summed E-state index contributed by atoms with van der Waals surface area (Å²) in [7, 11) is 5.36. The number of anilines is 2. The van der Waals surface area contributed by atoms with Gasteiger partial charge in [0.2, 0.25) is 5.95 Å². The Morgan fingerprint density at radius 3 is 2.77 bits per heavy atom. The molecule has 35 heavy (non-hydrogen) atoms. The van der Waals surface area contributed by atoms with Crippen LogP contribution in [0.4, 0.5) is 19.9 Å². The number of thiazole rings is 1. The summed E-state index contributed by atoms with van der Waals surface area (Å²) < 4.78 is 42.1. The van der Waals surface area contributed by atoms with Crippen LogP contribution in [-0.4, -0.2) is 65.1 Å². The van der Waals surface area contributed by atoms with E-state index in [1.54, 1.807) is 18.0 Å². The van der Waals surface area contributed by atoms with Gasteiger partial charge in [0.15, 0.2) is 10.8 Å². The van der Waals surface area contributed by atoms with E-state index in [4.69, 9.17) is 19.4 Å². The maximum absolute atomic E-state index is 14.8. The summed E-state index contributed by atoms with van der Waals surface area (Å²) in [5.74, 6) is -0.917. The Kier molecular flexibility index (Phi) is 6.34. The van der Waals surface area contributed by atoms with Gasteiger partial charge in [-0.05, 0) is 19.1 Å². The van der Waals surface area contributed by atoms with E-state index in [-0.39, 0.29) is 17.8 Å². The molecule has 1 saturated heterocycles. The van der Waals surface area contributed by atoms with E-state index < -0.39 is 11.6 Å². The molecule has 184 valence electrons. The second-order valence-electron chi connectivity index (χ2n) is 8.61. The molecule has 4 aromatic rings. The predicted octanol–water partition coefficient (Wildman–Crippen LogP) is 3.86. The van der Waals surface area contributed by atoms with Gasteiger partial charge in [0.1, 0.15) is 29.2 Å². The van der Waals surface area contributed by atoms with Gasteiger partial charge in [0, 0.05) is 51.1 Å². The normalized spacial score (nSPS) is 18.4. The van der Waals surface area contributed by atoms with Crippen LogP contribution in [0.15, 0.2) is 30.6 Å². The molecule has 12 heteroatoms. The van der Waals surface area contributed by atoms with Crippen LogP contribution in [0.1, 0.15) is 18.6 Å². The Labute approximate surface area is 204 Å². The van der Waals surface area contributed by atoms with Crippen LogP contribution in [0.5, 0.6) is 0 Å². The first-order valence-corrected chi connectivity index (χ1v) is 11.9. The Hall–Kier alpha value is -3.22. The zero-order valence-electron chi connectivity index (χ0n) is 19.8. The number of hydrogen-bond donors (Lipinski definition) is 0. The maximum Gasteiger partial charge on any atom is 0.228 e. The third-order valence-corrected chi connectivity index (χ3v) is 6.85. The van der Waals surface area contributed by atoms with Crippen molar-refractivity contribution in [2.24, 2.45) is 0 Å².